The average Bonchev–Trinajstić information content (AvgIpc) is 2.69. The van der Waals surface area contributed by atoms with Gasteiger partial charge >= 0.3 is 0 Å². The van der Waals surface area contributed by atoms with Crippen LogP contribution in [0.15, 0.2) is 71.5 Å². The molecule has 1 aliphatic heterocycles. The fraction of sp³-hybridized carbons (Fsp3) is 0.208. The van der Waals surface area contributed by atoms with Gasteiger partial charge in [-0.3, -0.25) is 0 Å². The zero-order chi connectivity index (χ0) is 19.2. The van der Waals surface area contributed by atoms with Gasteiger partial charge in [0.2, 0.25) is 0 Å². The molecular weight excluding hydrogens is 344 g/mol. The van der Waals surface area contributed by atoms with Crippen molar-refractivity contribution < 1.29 is 4.99 Å². The number of allylic oxidation sites excluding steroid dienone is 5. The van der Waals surface area contributed by atoms with Crippen LogP contribution in [0.5, 0.6) is 0 Å². The van der Waals surface area contributed by atoms with Crippen LogP contribution in [0.3, 0.4) is 0 Å². The van der Waals surface area contributed by atoms with Crippen molar-refractivity contribution in [3.63, 3.8) is 0 Å². The van der Waals surface area contributed by atoms with E-state index in [9.17, 15) is 0 Å². The molecule has 2 aliphatic rings. The third-order valence-electron chi connectivity index (χ3n) is 5.92. The van der Waals surface area contributed by atoms with Crippen molar-refractivity contribution in [1.29, 1.82) is 0 Å². The first-order chi connectivity index (χ1) is 13.0. The van der Waals surface area contributed by atoms with Gasteiger partial charge in [0, 0.05) is 24.9 Å². The fourth-order valence-electron chi connectivity index (χ4n) is 4.30. The maximum absolute atomic E-state index is 3.33. The molecule has 0 fully saturated rings. The van der Waals surface area contributed by atoms with Crippen LogP contribution in [0.1, 0.15) is 16.7 Å². The maximum atomic E-state index is 3.33. The van der Waals surface area contributed by atoms with Crippen molar-refractivity contribution in [3.05, 3.63) is 88.2 Å². The summed E-state index contributed by atoms with van der Waals surface area (Å²) >= 11 is 0. The van der Waals surface area contributed by atoms with Crippen LogP contribution in [-0.2, 0) is 0 Å². The van der Waals surface area contributed by atoms with Gasteiger partial charge < -0.3 is 5.32 Å². The third kappa shape index (κ3) is 2.74. The molecule has 3 heteroatoms. The normalized spacial score (nSPS) is 18.9. The third-order valence-corrected chi connectivity index (χ3v) is 9.44. The standard InChI is InChI=1S/C24H26N2Si/c1-16-8-6-7-9-19(16)24-20-12-10-17(25-2)14-22(20)27(4,5)23-15-18(26-3)11-13-21(23)24/h6-15,25H,1-5H3/p+1. The lowest BCUT2D eigenvalue weighted by Crippen LogP contribution is -2.67. The molecule has 0 amide bonds. The van der Waals surface area contributed by atoms with E-state index in [1.807, 2.05) is 14.1 Å². The van der Waals surface area contributed by atoms with Crippen LogP contribution in [0.25, 0.3) is 5.57 Å². The molecule has 136 valence electrons. The van der Waals surface area contributed by atoms with Crippen molar-refractivity contribution >= 4 is 30.2 Å². The first kappa shape index (κ1) is 17.7. The van der Waals surface area contributed by atoms with Gasteiger partial charge in [-0.1, -0.05) is 43.4 Å². The van der Waals surface area contributed by atoms with E-state index >= 15 is 0 Å². The van der Waals surface area contributed by atoms with Crippen LogP contribution >= 0.6 is 0 Å². The van der Waals surface area contributed by atoms with E-state index in [0.29, 0.717) is 0 Å². The van der Waals surface area contributed by atoms with Crippen molar-refractivity contribution in [2.75, 3.05) is 19.4 Å². The van der Waals surface area contributed by atoms with Gasteiger partial charge in [0.25, 0.3) is 0 Å². The molecule has 2 aromatic carbocycles. The van der Waals surface area contributed by atoms with Gasteiger partial charge in [-0.05, 0) is 63.4 Å². The number of hydrogen-bond donors (Lipinski definition) is 2. The molecule has 2 N–H and O–H groups in total. The molecule has 2 aromatic rings. The second-order valence-electron chi connectivity index (χ2n) is 7.84. The van der Waals surface area contributed by atoms with Crippen LogP contribution in [-0.4, -0.2) is 27.9 Å². The molecule has 27 heavy (non-hydrogen) atoms. The Morgan fingerprint density at radius 2 is 1.74 bits per heavy atom. The highest BCUT2D eigenvalue weighted by atomic mass is 28.3. The number of rotatable bonds is 2. The van der Waals surface area contributed by atoms with Crippen molar-refractivity contribution in [1.82, 2.24) is 0 Å². The Morgan fingerprint density at radius 1 is 0.963 bits per heavy atom. The summed E-state index contributed by atoms with van der Waals surface area (Å²) in [4.78, 5) is 3.33. The lowest BCUT2D eigenvalue weighted by atomic mass is 9.87. The minimum Gasteiger partial charge on any atom is -0.388 e. The van der Waals surface area contributed by atoms with Gasteiger partial charge in [0.15, 0.2) is 5.71 Å². The smallest absolute Gasteiger partial charge is 0.197 e. The molecule has 0 aromatic heterocycles. The van der Waals surface area contributed by atoms with Crippen LogP contribution in [0, 0.1) is 6.92 Å². The fourth-order valence-corrected chi connectivity index (χ4v) is 7.39. The van der Waals surface area contributed by atoms with Crippen molar-refractivity contribution in [2.24, 2.45) is 0 Å². The van der Waals surface area contributed by atoms with E-state index in [-0.39, 0.29) is 0 Å². The van der Waals surface area contributed by atoms with Crippen LogP contribution in [0.4, 0.5) is 5.69 Å². The van der Waals surface area contributed by atoms with Crippen LogP contribution in [0.2, 0.25) is 13.1 Å². The number of benzene rings is 2. The Hall–Kier alpha value is -2.65. The zero-order valence-corrected chi connectivity index (χ0v) is 17.8. The SMILES string of the molecule is CNc1ccc2c(c1)[Si](C)(C)C1=CC(=[NH+]C)C=CC1=C2c1ccccc1C. The quantitative estimate of drug-likeness (QED) is 0.780. The van der Waals surface area contributed by atoms with Gasteiger partial charge in [-0.2, -0.15) is 0 Å². The first-order valence-electron chi connectivity index (χ1n) is 9.55. The number of nitrogens with one attached hydrogen (secondary N) is 2. The molecule has 0 radical (unpaired) electrons. The van der Waals surface area contributed by atoms with Gasteiger partial charge in [0.05, 0.1) is 0 Å². The lowest BCUT2D eigenvalue weighted by Gasteiger charge is -2.38. The van der Waals surface area contributed by atoms with Crippen molar-refractivity contribution in [2.45, 2.75) is 20.0 Å². The Labute approximate surface area is 163 Å². The van der Waals surface area contributed by atoms with Crippen molar-refractivity contribution in [3.8, 4) is 0 Å². The summed E-state index contributed by atoms with van der Waals surface area (Å²) in [6.07, 6.45) is 6.88. The Kier molecular flexibility index (Phi) is 4.27. The summed E-state index contributed by atoms with van der Waals surface area (Å²) in [5.74, 6) is 0. The monoisotopic (exact) mass is 371 g/mol. The van der Waals surface area contributed by atoms with E-state index in [1.54, 1.807) is 0 Å². The number of fused-ring (bicyclic) bond motifs is 2. The molecule has 0 atom stereocenters. The molecule has 0 bridgehead atoms. The highest BCUT2D eigenvalue weighted by Gasteiger charge is 2.40. The topological polar surface area (TPSA) is 26.0 Å². The molecule has 0 saturated carbocycles. The average molecular weight is 372 g/mol. The second-order valence-corrected chi connectivity index (χ2v) is 12.2. The molecule has 0 spiro atoms. The number of anilines is 1. The molecule has 0 unspecified atom stereocenters. The van der Waals surface area contributed by atoms with E-state index in [0.717, 1.165) is 0 Å². The Morgan fingerprint density at radius 3 is 2.44 bits per heavy atom. The van der Waals surface area contributed by atoms with Gasteiger partial charge in [0.1, 0.15) is 15.1 Å². The molecule has 0 saturated heterocycles. The highest BCUT2D eigenvalue weighted by molar-refractivity contribution is 6.98. The highest BCUT2D eigenvalue weighted by Crippen LogP contribution is 2.42. The Balaban J connectivity index is 2.11. The summed E-state index contributed by atoms with van der Waals surface area (Å²) in [6, 6.07) is 15.6. The summed E-state index contributed by atoms with van der Waals surface area (Å²) in [5, 5.41) is 6.34. The first-order valence-corrected chi connectivity index (χ1v) is 12.6. The largest absolute Gasteiger partial charge is 0.388 e. The molecule has 1 aliphatic carbocycles. The van der Waals surface area contributed by atoms with Gasteiger partial charge in [-0.25, -0.2) is 4.99 Å². The zero-order valence-electron chi connectivity index (χ0n) is 16.8. The van der Waals surface area contributed by atoms with E-state index in [2.05, 4.69) is 91.0 Å². The van der Waals surface area contributed by atoms with E-state index in [1.165, 1.54) is 49.6 Å². The molecular formula is C24H27N2Si+. The Bertz CT molecular complexity index is 1050. The molecule has 2 nitrogen and oxygen atoms in total. The summed E-state index contributed by atoms with van der Waals surface area (Å²) in [7, 11) is 2.18. The van der Waals surface area contributed by atoms with Gasteiger partial charge in [-0.15, -0.1) is 0 Å². The number of aryl methyl sites for hydroxylation is 1. The molecule has 4 rings (SSSR count). The molecule has 1 heterocycles. The summed E-state index contributed by atoms with van der Waals surface area (Å²) < 4.78 is 0. The maximum Gasteiger partial charge on any atom is 0.197 e. The lowest BCUT2D eigenvalue weighted by molar-refractivity contribution is -0.417. The minimum atomic E-state index is -1.82. The number of hydrogen-bond acceptors (Lipinski definition) is 1. The van der Waals surface area contributed by atoms with Crippen LogP contribution < -0.4 is 15.5 Å². The minimum absolute atomic E-state index is 1.19. The predicted octanol–water partition coefficient (Wildman–Crippen LogP) is 2.95. The van der Waals surface area contributed by atoms with E-state index in [4.69, 9.17) is 0 Å². The second kappa shape index (κ2) is 6.50. The van der Waals surface area contributed by atoms with E-state index < -0.39 is 8.07 Å². The summed E-state index contributed by atoms with van der Waals surface area (Å²) in [6.45, 7) is 7.15. The summed E-state index contributed by atoms with van der Waals surface area (Å²) in [5.41, 5.74) is 9.18. The predicted molar refractivity (Wildman–Crippen MR) is 119 cm³/mol.